The summed E-state index contributed by atoms with van der Waals surface area (Å²) in [4.78, 5) is 12.9. The molecule has 1 aliphatic heterocycles. The van der Waals surface area contributed by atoms with Crippen molar-refractivity contribution in [3.63, 3.8) is 0 Å². The van der Waals surface area contributed by atoms with Crippen LogP contribution in [0.25, 0.3) is 0 Å². The van der Waals surface area contributed by atoms with Crippen LogP contribution in [0.1, 0.15) is 0 Å². The molecular weight excluding hydrogens is 597 g/mol. The number of urea groups is 1. The maximum atomic E-state index is 12.9. The van der Waals surface area contributed by atoms with Gasteiger partial charge in [-0.25, -0.2) is 13.2 Å². The fourth-order valence-corrected chi connectivity index (χ4v) is 9.24. The molecule has 0 spiro atoms. The highest BCUT2D eigenvalue weighted by molar-refractivity contribution is 8.71. The minimum absolute atomic E-state index is 0.189. The number of rotatable bonds is 14. The second-order valence-corrected chi connectivity index (χ2v) is 36.0. The summed E-state index contributed by atoms with van der Waals surface area (Å²) >= 11 is 0. The second kappa shape index (κ2) is 13.9. The first kappa shape index (κ1) is 36.3. The highest BCUT2D eigenvalue weighted by Crippen LogP contribution is 2.33. The Morgan fingerprint density at radius 2 is 1.26 bits per heavy atom. The zero-order valence-corrected chi connectivity index (χ0v) is 31.2. The summed E-state index contributed by atoms with van der Waals surface area (Å²) in [6, 6.07) is -0.463. The van der Waals surface area contributed by atoms with Crippen molar-refractivity contribution in [1.82, 2.24) is 10.6 Å². The fraction of sp³-hybridized carbons (Fsp3) is 0.955. The van der Waals surface area contributed by atoms with Crippen LogP contribution in [0, 0.1) is 0 Å². The number of nitrogens with one attached hydrogen (secondary N) is 2. The van der Waals surface area contributed by atoms with E-state index in [-0.39, 0.29) is 12.3 Å². The third-order valence-corrected chi connectivity index (χ3v) is 11.3. The molecule has 0 bridgehead atoms. The van der Waals surface area contributed by atoms with Gasteiger partial charge in [0, 0.05) is 18.6 Å². The van der Waals surface area contributed by atoms with Gasteiger partial charge in [0.2, 0.25) is 0 Å². The molecule has 1 aliphatic rings. The average Bonchev–Trinajstić information content (AvgIpc) is 2.64. The van der Waals surface area contributed by atoms with Crippen molar-refractivity contribution in [2.24, 2.45) is 0 Å². The SMILES string of the molecule is C[Si](C)(C)OCC1OC(NC(=O)NCCSS(C)(=O)=O)C(O[Si](C)(C)C)C(O[Si](C)(C)C)C1O[Si](C)(C)C. The van der Waals surface area contributed by atoms with Crippen LogP contribution in [-0.2, 0) is 31.3 Å². The zero-order chi connectivity index (χ0) is 29.7. The van der Waals surface area contributed by atoms with Crippen molar-refractivity contribution >= 4 is 59.0 Å². The predicted octanol–water partition coefficient (Wildman–Crippen LogP) is 4.22. The third kappa shape index (κ3) is 15.9. The lowest BCUT2D eigenvalue weighted by atomic mass is 9.98. The Bertz CT molecular complexity index is 871. The standard InChI is InChI=1S/C22H52N2O8S2Si4/c1-34(26,27)33-15-14-23-22(25)24-21-20(32-38(11,12)13)19(31-37(8,9)10)18(30-36(5,6)7)17(29-21)16-28-35(2,3)4/h17-21H,14-16H2,1-13H3,(H2,23,24,25). The maximum Gasteiger partial charge on any atom is 0.316 e. The van der Waals surface area contributed by atoms with Crippen molar-refractivity contribution in [2.45, 2.75) is 109 Å². The summed E-state index contributed by atoms with van der Waals surface area (Å²) in [5, 5.41) is 5.66. The largest absolute Gasteiger partial charge is 0.415 e. The maximum absolute atomic E-state index is 12.9. The van der Waals surface area contributed by atoms with Gasteiger partial charge in [0.15, 0.2) is 48.4 Å². The van der Waals surface area contributed by atoms with Gasteiger partial charge in [0.05, 0.1) is 6.61 Å². The van der Waals surface area contributed by atoms with Gasteiger partial charge in [0.25, 0.3) is 0 Å². The zero-order valence-electron chi connectivity index (χ0n) is 25.6. The summed E-state index contributed by atoms with van der Waals surface area (Å²) in [5.41, 5.74) is 0. The molecule has 0 aromatic heterocycles. The molecule has 0 aromatic carbocycles. The number of carbonyl (C=O) groups excluding carboxylic acids is 1. The van der Waals surface area contributed by atoms with Crippen LogP contribution in [0.5, 0.6) is 0 Å². The molecule has 0 radical (unpaired) electrons. The lowest BCUT2D eigenvalue weighted by Crippen LogP contribution is -2.69. The van der Waals surface area contributed by atoms with Crippen molar-refractivity contribution in [3.05, 3.63) is 0 Å². The van der Waals surface area contributed by atoms with Gasteiger partial charge in [-0.05, 0) is 89.4 Å². The topological polar surface area (TPSA) is 121 Å². The Kier molecular flexibility index (Phi) is 13.3. The van der Waals surface area contributed by atoms with Crippen molar-refractivity contribution in [2.75, 3.05) is 25.2 Å². The van der Waals surface area contributed by atoms with Crippen LogP contribution >= 0.6 is 10.8 Å². The molecule has 1 heterocycles. The summed E-state index contributed by atoms with van der Waals surface area (Å²) in [7, 11) is -10.5. The number of ether oxygens (including phenoxy) is 1. The average molecular weight is 649 g/mol. The van der Waals surface area contributed by atoms with Gasteiger partial charge in [-0.2, -0.15) is 0 Å². The summed E-state index contributed by atoms with van der Waals surface area (Å²) in [6.45, 7) is 25.9. The van der Waals surface area contributed by atoms with Gasteiger partial charge >= 0.3 is 6.03 Å². The van der Waals surface area contributed by atoms with Crippen LogP contribution in [0.4, 0.5) is 4.79 Å². The minimum atomic E-state index is -3.18. The Morgan fingerprint density at radius 3 is 1.71 bits per heavy atom. The van der Waals surface area contributed by atoms with E-state index in [0.717, 1.165) is 17.0 Å². The minimum Gasteiger partial charge on any atom is -0.415 e. The lowest BCUT2D eigenvalue weighted by molar-refractivity contribution is -0.218. The molecule has 5 atom stereocenters. The molecular formula is C22H52N2O8S2Si4. The van der Waals surface area contributed by atoms with Crippen molar-refractivity contribution in [3.8, 4) is 0 Å². The molecule has 5 unspecified atom stereocenters. The highest BCUT2D eigenvalue weighted by atomic mass is 33.1. The molecule has 1 fully saturated rings. The van der Waals surface area contributed by atoms with E-state index >= 15 is 0 Å². The molecule has 1 rings (SSSR count). The van der Waals surface area contributed by atoms with E-state index in [4.69, 9.17) is 22.4 Å². The van der Waals surface area contributed by atoms with E-state index in [9.17, 15) is 13.2 Å². The van der Waals surface area contributed by atoms with Gasteiger partial charge in [-0.15, -0.1) is 0 Å². The highest BCUT2D eigenvalue weighted by Gasteiger charge is 2.52. The van der Waals surface area contributed by atoms with Gasteiger partial charge in [0.1, 0.15) is 24.4 Å². The molecule has 1 saturated heterocycles. The van der Waals surface area contributed by atoms with Crippen LogP contribution in [0.3, 0.4) is 0 Å². The Balaban J connectivity index is 3.36. The van der Waals surface area contributed by atoms with E-state index in [1.807, 2.05) is 0 Å². The van der Waals surface area contributed by atoms with Crippen molar-refractivity contribution in [1.29, 1.82) is 0 Å². The molecule has 0 aliphatic carbocycles. The van der Waals surface area contributed by atoms with Crippen LogP contribution in [0.2, 0.25) is 78.6 Å². The lowest BCUT2D eigenvalue weighted by Gasteiger charge is -2.51. The third-order valence-electron chi connectivity index (χ3n) is 4.74. The molecule has 10 nitrogen and oxygen atoms in total. The number of hydrogen-bond donors (Lipinski definition) is 2. The predicted molar refractivity (Wildman–Crippen MR) is 166 cm³/mol. The molecule has 16 heteroatoms. The number of amides is 2. The molecule has 2 amide bonds. The second-order valence-electron chi connectivity index (χ2n) is 13.5. The molecule has 226 valence electrons. The summed E-state index contributed by atoms with van der Waals surface area (Å²) < 4.78 is 55.7. The first-order valence-electron chi connectivity index (χ1n) is 13.1. The van der Waals surface area contributed by atoms with E-state index in [2.05, 4.69) is 89.2 Å². The van der Waals surface area contributed by atoms with E-state index in [0.29, 0.717) is 6.61 Å². The molecule has 0 saturated carbocycles. The van der Waals surface area contributed by atoms with Crippen molar-refractivity contribution < 1.29 is 35.7 Å². The van der Waals surface area contributed by atoms with E-state index in [1.54, 1.807) is 0 Å². The Labute approximate surface area is 238 Å². The van der Waals surface area contributed by atoms with Crippen LogP contribution in [-0.4, -0.2) is 104 Å². The Morgan fingerprint density at radius 1 is 0.789 bits per heavy atom. The van der Waals surface area contributed by atoms with E-state index < -0.39 is 78.8 Å². The molecule has 2 N–H and O–H groups in total. The number of carbonyl (C=O) groups is 1. The molecule has 0 aromatic rings. The fourth-order valence-electron chi connectivity index (χ4n) is 3.66. The first-order chi connectivity index (χ1) is 16.9. The normalized spacial score (nSPS) is 25.8. The quantitative estimate of drug-likeness (QED) is 0.162. The number of hydrogen-bond acceptors (Lipinski definition) is 9. The molecule has 38 heavy (non-hydrogen) atoms. The first-order valence-corrected chi connectivity index (χ1v) is 30.1. The van der Waals surface area contributed by atoms with Gasteiger partial charge in [-0.1, -0.05) is 0 Å². The monoisotopic (exact) mass is 648 g/mol. The summed E-state index contributed by atoms with van der Waals surface area (Å²) in [5.74, 6) is 0.243. The van der Waals surface area contributed by atoms with Gasteiger partial charge in [-0.3, -0.25) is 0 Å². The van der Waals surface area contributed by atoms with Crippen LogP contribution in [0.15, 0.2) is 0 Å². The summed E-state index contributed by atoms with van der Waals surface area (Å²) in [6.07, 6.45) is -1.60. The smallest absolute Gasteiger partial charge is 0.316 e. The Hall–Kier alpha value is 0.238. The van der Waals surface area contributed by atoms with Crippen LogP contribution < -0.4 is 10.6 Å². The van der Waals surface area contributed by atoms with Gasteiger partial charge < -0.3 is 33.1 Å². The van der Waals surface area contributed by atoms with E-state index in [1.165, 1.54) is 0 Å².